The molecule has 1 aromatic rings. The number of carbonyl (C=O) groups is 3. The van der Waals surface area contributed by atoms with Gasteiger partial charge in [-0.3, -0.25) is 9.59 Å². The number of hydrogen-bond donors (Lipinski definition) is 0. The fourth-order valence-electron chi connectivity index (χ4n) is 1.53. The standard InChI is InChI=1S/C15H16O5/c1-10(16)13(11(2)17)8-12-6-4-5-7-14(12)20-9-15(18)19-3/h4-8H,9H2,1-3H3. The van der Waals surface area contributed by atoms with Gasteiger partial charge in [0.2, 0.25) is 0 Å². The van der Waals surface area contributed by atoms with Gasteiger partial charge >= 0.3 is 5.97 Å². The summed E-state index contributed by atoms with van der Waals surface area (Å²) >= 11 is 0. The fourth-order valence-corrected chi connectivity index (χ4v) is 1.53. The highest BCUT2D eigenvalue weighted by Crippen LogP contribution is 2.21. The number of benzene rings is 1. The number of carbonyl (C=O) groups excluding carboxylic acids is 3. The second-order valence-corrected chi connectivity index (χ2v) is 4.07. The number of ether oxygens (including phenoxy) is 2. The average Bonchev–Trinajstić information content (AvgIpc) is 2.42. The van der Waals surface area contributed by atoms with E-state index in [9.17, 15) is 14.4 Å². The molecule has 0 saturated heterocycles. The molecular weight excluding hydrogens is 260 g/mol. The van der Waals surface area contributed by atoms with Crippen LogP contribution in [0.3, 0.4) is 0 Å². The van der Waals surface area contributed by atoms with Crippen molar-refractivity contribution in [3.8, 4) is 5.75 Å². The molecule has 0 unspecified atom stereocenters. The Balaban J connectivity index is 3.06. The molecule has 0 bridgehead atoms. The zero-order chi connectivity index (χ0) is 15.1. The molecule has 106 valence electrons. The van der Waals surface area contributed by atoms with Crippen LogP contribution in [0.2, 0.25) is 0 Å². The predicted molar refractivity (Wildman–Crippen MR) is 73.3 cm³/mol. The van der Waals surface area contributed by atoms with Gasteiger partial charge in [0.05, 0.1) is 12.7 Å². The van der Waals surface area contributed by atoms with E-state index >= 15 is 0 Å². The lowest BCUT2D eigenvalue weighted by atomic mass is 10.0. The van der Waals surface area contributed by atoms with Crippen molar-refractivity contribution < 1.29 is 23.9 Å². The molecule has 0 saturated carbocycles. The summed E-state index contributed by atoms with van der Waals surface area (Å²) in [6.07, 6.45) is 1.46. The minimum atomic E-state index is -0.512. The van der Waals surface area contributed by atoms with Crippen molar-refractivity contribution in [3.63, 3.8) is 0 Å². The average molecular weight is 276 g/mol. The van der Waals surface area contributed by atoms with Crippen molar-refractivity contribution in [2.45, 2.75) is 13.8 Å². The molecule has 20 heavy (non-hydrogen) atoms. The van der Waals surface area contributed by atoms with Crippen LogP contribution >= 0.6 is 0 Å². The maximum Gasteiger partial charge on any atom is 0.343 e. The van der Waals surface area contributed by atoms with Crippen LogP contribution in [0.1, 0.15) is 19.4 Å². The Morgan fingerprint density at radius 2 is 1.70 bits per heavy atom. The number of methoxy groups -OCH3 is 1. The molecule has 0 amide bonds. The molecule has 0 fully saturated rings. The molecule has 5 heteroatoms. The largest absolute Gasteiger partial charge is 0.481 e. The first-order valence-corrected chi connectivity index (χ1v) is 5.98. The zero-order valence-corrected chi connectivity index (χ0v) is 11.6. The highest BCUT2D eigenvalue weighted by molar-refractivity contribution is 6.21. The zero-order valence-electron chi connectivity index (χ0n) is 11.6. The van der Waals surface area contributed by atoms with Gasteiger partial charge in [-0.05, 0) is 26.0 Å². The number of ketones is 2. The van der Waals surface area contributed by atoms with E-state index in [2.05, 4.69) is 4.74 Å². The second kappa shape index (κ2) is 7.23. The number of para-hydroxylation sites is 1. The predicted octanol–water partition coefficient (Wildman–Crippen LogP) is 1.80. The Hall–Kier alpha value is -2.43. The summed E-state index contributed by atoms with van der Waals surface area (Å²) in [5, 5.41) is 0. The molecule has 0 aliphatic carbocycles. The Morgan fingerprint density at radius 3 is 2.25 bits per heavy atom. The van der Waals surface area contributed by atoms with Crippen LogP contribution in [0.15, 0.2) is 29.8 Å². The number of hydrogen-bond acceptors (Lipinski definition) is 5. The number of allylic oxidation sites excluding steroid dienone is 1. The van der Waals surface area contributed by atoms with E-state index in [1.54, 1.807) is 24.3 Å². The molecule has 0 spiro atoms. The van der Waals surface area contributed by atoms with Gasteiger partial charge < -0.3 is 9.47 Å². The summed E-state index contributed by atoms with van der Waals surface area (Å²) in [6, 6.07) is 6.81. The first-order valence-electron chi connectivity index (χ1n) is 5.98. The van der Waals surface area contributed by atoms with Gasteiger partial charge in [0, 0.05) is 5.56 Å². The lowest BCUT2D eigenvalue weighted by Crippen LogP contribution is -2.13. The topological polar surface area (TPSA) is 69.7 Å². The molecular formula is C15H16O5. The van der Waals surface area contributed by atoms with Crippen molar-refractivity contribution in [3.05, 3.63) is 35.4 Å². The second-order valence-electron chi connectivity index (χ2n) is 4.07. The molecule has 0 radical (unpaired) electrons. The fraction of sp³-hybridized carbons (Fsp3) is 0.267. The van der Waals surface area contributed by atoms with Crippen LogP contribution in [0.5, 0.6) is 5.75 Å². The lowest BCUT2D eigenvalue weighted by Gasteiger charge is -2.08. The molecule has 1 aromatic carbocycles. The maximum atomic E-state index is 11.4. The molecule has 1 rings (SSSR count). The van der Waals surface area contributed by atoms with E-state index in [1.807, 2.05) is 0 Å². The molecule has 0 aliphatic rings. The molecule has 0 N–H and O–H groups in total. The minimum absolute atomic E-state index is 0.0825. The summed E-state index contributed by atoms with van der Waals surface area (Å²) in [6.45, 7) is 2.41. The third-order valence-electron chi connectivity index (χ3n) is 2.55. The summed E-state index contributed by atoms with van der Waals surface area (Å²) in [5.74, 6) is -0.749. The summed E-state index contributed by atoms with van der Waals surface area (Å²) in [7, 11) is 1.26. The van der Waals surface area contributed by atoms with Crippen LogP contribution in [0.4, 0.5) is 0 Å². The number of Topliss-reactive ketones (excluding diaryl/α,β-unsaturated/α-hetero) is 2. The Labute approximate surface area is 117 Å². The highest BCUT2D eigenvalue weighted by atomic mass is 16.6. The van der Waals surface area contributed by atoms with Gasteiger partial charge in [0.15, 0.2) is 18.2 Å². The lowest BCUT2D eigenvalue weighted by molar-refractivity contribution is -0.143. The Kier molecular flexibility index (Phi) is 5.65. The monoisotopic (exact) mass is 276 g/mol. The van der Waals surface area contributed by atoms with Gasteiger partial charge in [-0.2, -0.15) is 0 Å². The van der Waals surface area contributed by atoms with Crippen LogP contribution in [-0.2, 0) is 19.1 Å². The first kappa shape index (κ1) is 15.6. The van der Waals surface area contributed by atoms with Crippen LogP contribution in [0, 0.1) is 0 Å². The molecule has 0 aliphatic heterocycles. The van der Waals surface area contributed by atoms with Gasteiger partial charge in [-0.25, -0.2) is 4.79 Å². The van der Waals surface area contributed by atoms with Crippen molar-refractivity contribution in [1.82, 2.24) is 0 Å². The molecule has 0 heterocycles. The van der Waals surface area contributed by atoms with Gasteiger partial charge in [-0.15, -0.1) is 0 Å². The van der Waals surface area contributed by atoms with Crippen molar-refractivity contribution in [2.75, 3.05) is 13.7 Å². The Morgan fingerprint density at radius 1 is 1.10 bits per heavy atom. The van der Waals surface area contributed by atoms with Gasteiger partial charge in [0.25, 0.3) is 0 Å². The van der Waals surface area contributed by atoms with Crippen LogP contribution in [-0.4, -0.2) is 31.3 Å². The summed E-state index contributed by atoms with van der Waals surface area (Å²) < 4.78 is 9.79. The quantitative estimate of drug-likeness (QED) is 0.343. The van der Waals surface area contributed by atoms with E-state index in [4.69, 9.17) is 4.74 Å². The van der Waals surface area contributed by atoms with Crippen molar-refractivity contribution >= 4 is 23.6 Å². The van der Waals surface area contributed by atoms with E-state index in [0.29, 0.717) is 11.3 Å². The van der Waals surface area contributed by atoms with E-state index in [0.717, 1.165) is 0 Å². The smallest absolute Gasteiger partial charge is 0.343 e. The number of esters is 1. The van der Waals surface area contributed by atoms with E-state index in [1.165, 1.54) is 27.0 Å². The molecule has 0 atom stereocenters. The van der Waals surface area contributed by atoms with Crippen LogP contribution < -0.4 is 4.74 Å². The minimum Gasteiger partial charge on any atom is -0.481 e. The SMILES string of the molecule is COC(=O)COc1ccccc1C=C(C(C)=O)C(C)=O. The van der Waals surface area contributed by atoms with E-state index in [-0.39, 0.29) is 23.7 Å². The van der Waals surface area contributed by atoms with Gasteiger partial charge in [-0.1, -0.05) is 18.2 Å². The maximum absolute atomic E-state index is 11.4. The summed E-state index contributed by atoms with van der Waals surface area (Å²) in [4.78, 5) is 33.9. The van der Waals surface area contributed by atoms with Crippen molar-refractivity contribution in [2.24, 2.45) is 0 Å². The van der Waals surface area contributed by atoms with E-state index < -0.39 is 5.97 Å². The Bertz CT molecular complexity index is 541. The summed E-state index contributed by atoms with van der Waals surface area (Å²) in [5.41, 5.74) is 0.635. The van der Waals surface area contributed by atoms with Crippen LogP contribution in [0.25, 0.3) is 6.08 Å². The third-order valence-corrected chi connectivity index (χ3v) is 2.55. The number of rotatable bonds is 6. The highest BCUT2D eigenvalue weighted by Gasteiger charge is 2.12. The molecule has 5 nitrogen and oxygen atoms in total. The normalized spacial score (nSPS) is 9.55. The third kappa shape index (κ3) is 4.35. The molecule has 0 aromatic heterocycles. The van der Waals surface area contributed by atoms with Crippen molar-refractivity contribution in [1.29, 1.82) is 0 Å². The first-order chi connectivity index (χ1) is 9.45. The van der Waals surface area contributed by atoms with Gasteiger partial charge in [0.1, 0.15) is 5.75 Å².